The van der Waals surface area contributed by atoms with Gasteiger partial charge in [-0.15, -0.1) is 0 Å². The summed E-state index contributed by atoms with van der Waals surface area (Å²) in [5, 5.41) is 3.13. The van der Waals surface area contributed by atoms with Crippen LogP contribution < -0.4 is 14.8 Å². The van der Waals surface area contributed by atoms with Gasteiger partial charge in [-0.3, -0.25) is 9.59 Å². The Bertz CT molecular complexity index is 797. The molecule has 0 heterocycles. The van der Waals surface area contributed by atoms with Gasteiger partial charge in [0.1, 0.15) is 11.5 Å². The number of methoxy groups -OCH3 is 1. The molecule has 0 radical (unpaired) electrons. The number of rotatable bonds is 9. The SMILES string of the molecule is COc1ccc(OCCCC(=O)OCC(=O)Nc2c(C)cc(C)cc2Cl)cc1. The van der Waals surface area contributed by atoms with Crippen molar-refractivity contribution in [3.63, 3.8) is 0 Å². The first kappa shape index (κ1) is 21.6. The van der Waals surface area contributed by atoms with Crippen molar-refractivity contribution < 1.29 is 23.8 Å². The van der Waals surface area contributed by atoms with Crippen molar-refractivity contribution in [1.82, 2.24) is 0 Å². The van der Waals surface area contributed by atoms with Gasteiger partial charge >= 0.3 is 5.97 Å². The van der Waals surface area contributed by atoms with Crippen LogP contribution in [-0.4, -0.2) is 32.2 Å². The second-order valence-corrected chi connectivity index (χ2v) is 6.68. The van der Waals surface area contributed by atoms with Gasteiger partial charge in [-0.2, -0.15) is 0 Å². The van der Waals surface area contributed by atoms with Crippen LogP contribution in [0.3, 0.4) is 0 Å². The van der Waals surface area contributed by atoms with Crippen LogP contribution in [0.1, 0.15) is 24.0 Å². The Kier molecular flexibility index (Phi) is 8.14. The van der Waals surface area contributed by atoms with Crippen LogP contribution in [-0.2, 0) is 14.3 Å². The molecule has 0 aliphatic heterocycles. The van der Waals surface area contributed by atoms with Gasteiger partial charge in [0.15, 0.2) is 6.61 Å². The summed E-state index contributed by atoms with van der Waals surface area (Å²) in [4.78, 5) is 23.8. The normalized spacial score (nSPS) is 10.3. The fourth-order valence-corrected chi connectivity index (χ4v) is 2.91. The highest BCUT2D eigenvalue weighted by Gasteiger charge is 2.12. The maximum atomic E-state index is 12.0. The summed E-state index contributed by atoms with van der Waals surface area (Å²) in [7, 11) is 1.60. The number of nitrogens with one attached hydrogen (secondary N) is 1. The summed E-state index contributed by atoms with van der Waals surface area (Å²) < 4.78 is 15.6. The lowest BCUT2D eigenvalue weighted by molar-refractivity contribution is -0.147. The van der Waals surface area contributed by atoms with Crippen molar-refractivity contribution >= 4 is 29.2 Å². The van der Waals surface area contributed by atoms with Gasteiger partial charge in [-0.1, -0.05) is 17.7 Å². The van der Waals surface area contributed by atoms with Crippen LogP contribution in [0.5, 0.6) is 11.5 Å². The standard InChI is InChI=1S/C21H24ClNO5/c1-14-11-15(2)21(18(22)12-14)23-19(24)13-28-20(25)5-4-10-27-17-8-6-16(26-3)7-9-17/h6-9,11-12H,4-5,10,13H2,1-3H3,(H,23,24). The fraction of sp³-hybridized carbons (Fsp3) is 0.333. The third-order valence-corrected chi connectivity index (χ3v) is 4.21. The zero-order valence-electron chi connectivity index (χ0n) is 16.2. The Balaban J connectivity index is 1.67. The lowest BCUT2D eigenvalue weighted by atomic mass is 10.1. The fourth-order valence-electron chi connectivity index (χ4n) is 2.55. The van der Waals surface area contributed by atoms with Crippen molar-refractivity contribution in [2.75, 3.05) is 25.6 Å². The molecule has 0 aliphatic carbocycles. The molecule has 0 saturated heterocycles. The first-order chi connectivity index (χ1) is 13.4. The molecule has 1 amide bonds. The molecular formula is C21H24ClNO5. The van der Waals surface area contributed by atoms with Gasteiger partial charge in [-0.05, 0) is 61.7 Å². The Labute approximate surface area is 169 Å². The third kappa shape index (κ3) is 6.78. The number of carbonyl (C=O) groups is 2. The second-order valence-electron chi connectivity index (χ2n) is 6.28. The third-order valence-electron chi connectivity index (χ3n) is 3.91. The van der Waals surface area contributed by atoms with E-state index in [1.54, 1.807) is 37.4 Å². The maximum absolute atomic E-state index is 12.0. The molecule has 6 nitrogen and oxygen atoms in total. The Morgan fingerprint density at radius 1 is 1.07 bits per heavy atom. The van der Waals surface area contributed by atoms with E-state index in [0.717, 1.165) is 16.9 Å². The maximum Gasteiger partial charge on any atom is 0.306 e. The minimum atomic E-state index is -0.458. The van der Waals surface area contributed by atoms with E-state index in [4.69, 9.17) is 25.8 Å². The predicted molar refractivity (Wildman–Crippen MR) is 108 cm³/mol. The number of aryl methyl sites for hydroxylation is 2. The second kappa shape index (κ2) is 10.6. The highest BCUT2D eigenvalue weighted by Crippen LogP contribution is 2.27. The Morgan fingerprint density at radius 2 is 1.75 bits per heavy atom. The molecule has 7 heteroatoms. The number of anilines is 1. The van der Waals surface area contributed by atoms with Gasteiger partial charge in [-0.25, -0.2) is 0 Å². The molecule has 0 atom stereocenters. The predicted octanol–water partition coefficient (Wildman–Crippen LogP) is 4.31. The molecule has 2 aromatic carbocycles. The first-order valence-corrected chi connectivity index (χ1v) is 9.26. The zero-order valence-corrected chi connectivity index (χ0v) is 17.0. The summed E-state index contributed by atoms with van der Waals surface area (Å²) in [6, 6.07) is 10.9. The molecule has 2 rings (SSSR count). The quantitative estimate of drug-likeness (QED) is 0.497. The van der Waals surface area contributed by atoms with E-state index in [1.807, 2.05) is 19.9 Å². The van der Waals surface area contributed by atoms with Gasteiger partial charge in [0.25, 0.3) is 5.91 Å². The molecule has 0 bridgehead atoms. The molecule has 0 fully saturated rings. The summed E-state index contributed by atoms with van der Waals surface area (Å²) in [6.45, 7) is 3.78. The molecule has 0 aromatic heterocycles. The molecule has 0 unspecified atom stereocenters. The minimum Gasteiger partial charge on any atom is -0.497 e. The van der Waals surface area contributed by atoms with Crippen molar-refractivity contribution in [2.45, 2.75) is 26.7 Å². The topological polar surface area (TPSA) is 73.9 Å². The van der Waals surface area contributed by atoms with Crippen molar-refractivity contribution in [1.29, 1.82) is 0 Å². The number of esters is 1. The number of halogens is 1. The largest absolute Gasteiger partial charge is 0.497 e. The molecule has 28 heavy (non-hydrogen) atoms. The number of amides is 1. The van der Waals surface area contributed by atoms with E-state index < -0.39 is 11.9 Å². The van der Waals surface area contributed by atoms with E-state index in [9.17, 15) is 9.59 Å². The van der Waals surface area contributed by atoms with Crippen LogP contribution >= 0.6 is 11.6 Å². The van der Waals surface area contributed by atoms with Crippen LogP contribution in [0.25, 0.3) is 0 Å². The van der Waals surface area contributed by atoms with E-state index >= 15 is 0 Å². The lowest BCUT2D eigenvalue weighted by Gasteiger charge is -2.12. The van der Waals surface area contributed by atoms with Crippen molar-refractivity contribution in [3.05, 3.63) is 52.5 Å². The zero-order chi connectivity index (χ0) is 20.5. The van der Waals surface area contributed by atoms with Crippen LogP contribution in [0.2, 0.25) is 5.02 Å². The van der Waals surface area contributed by atoms with E-state index in [1.165, 1.54) is 0 Å². The molecular weight excluding hydrogens is 382 g/mol. The number of hydrogen-bond acceptors (Lipinski definition) is 5. The monoisotopic (exact) mass is 405 g/mol. The number of ether oxygens (including phenoxy) is 3. The Morgan fingerprint density at radius 3 is 2.39 bits per heavy atom. The van der Waals surface area contributed by atoms with Gasteiger partial charge in [0.2, 0.25) is 0 Å². The number of carbonyl (C=O) groups excluding carboxylic acids is 2. The highest BCUT2D eigenvalue weighted by atomic mass is 35.5. The summed E-state index contributed by atoms with van der Waals surface area (Å²) >= 11 is 6.15. The van der Waals surface area contributed by atoms with Gasteiger partial charge in [0.05, 0.1) is 24.4 Å². The van der Waals surface area contributed by atoms with Crippen molar-refractivity contribution in [2.24, 2.45) is 0 Å². The Hall–Kier alpha value is -2.73. The van der Waals surface area contributed by atoms with Gasteiger partial charge in [0, 0.05) is 6.42 Å². The number of hydrogen-bond donors (Lipinski definition) is 1. The minimum absolute atomic E-state index is 0.160. The lowest BCUT2D eigenvalue weighted by Crippen LogP contribution is -2.21. The average Bonchev–Trinajstić information content (AvgIpc) is 2.67. The van der Waals surface area contributed by atoms with E-state index in [0.29, 0.717) is 29.5 Å². The number of benzene rings is 2. The van der Waals surface area contributed by atoms with Crippen molar-refractivity contribution in [3.8, 4) is 11.5 Å². The summed E-state index contributed by atoms with van der Waals surface area (Å²) in [5.41, 5.74) is 2.38. The van der Waals surface area contributed by atoms with Crippen LogP contribution in [0, 0.1) is 13.8 Å². The molecule has 0 aliphatic rings. The molecule has 0 spiro atoms. The van der Waals surface area contributed by atoms with E-state index in [2.05, 4.69) is 5.32 Å². The summed E-state index contributed by atoms with van der Waals surface area (Å²) in [6.07, 6.45) is 0.642. The van der Waals surface area contributed by atoms with Gasteiger partial charge < -0.3 is 19.5 Å². The first-order valence-electron chi connectivity index (χ1n) is 8.88. The molecule has 1 N–H and O–H groups in total. The average molecular weight is 406 g/mol. The summed E-state index contributed by atoms with van der Waals surface area (Å²) in [5.74, 6) is 0.548. The molecule has 150 valence electrons. The smallest absolute Gasteiger partial charge is 0.306 e. The highest BCUT2D eigenvalue weighted by molar-refractivity contribution is 6.34. The molecule has 0 saturated carbocycles. The van der Waals surface area contributed by atoms with E-state index in [-0.39, 0.29) is 13.0 Å². The van der Waals surface area contributed by atoms with Crippen LogP contribution in [0.4, 0.5) is 5.69 Å². The van der Waals surface area contributed by atoms with Crippen LogP contribution in [0.15, 0.2) is 36.4 Å². The molecule has 2 aromatic rings.